The van der Waals surface area contributed by atoms with Crippen molar-refractivity contribution in [2.24, 2.45) is 0 Å². The van der Waals surface area contributed by atoms with Crippen molar-refractivity contribution in [1.82, 2.24) is 4.31 Å². The first-order chi connectivity index (χ1) is 14.7. The highest BCUT2D eigenvalue weighted by Crippen LogP contribution is 2.29. The van der Waals surface area contributed by atoms with E-state index in [1.807, 2.05) is 6.92 Å². The lowest BCUT2D eigenvalue weighted by Gasteiger charge is -2.32. The third-order valence-corrected chi connectivity index (χ3v) is 7.22. The van der Waals surface area contributed by atoms with Gasteiger partial charge in [0.2, 0.25) is 15.9 Å². The van der Waals surface area contributed by atoms with Gasteiger partial charge in [0, 0.05) is 30.8 Å². The Morgan fingerprint density at radius 3 is 2.55 bits per heavy atom. The van der Waals surface area contributed by atoms with Crippen molar-refractivity contribution < 1.29 is 22.7 Å². The average Bonchev–Trinajstić information content (AvgIpc) is 2.74. The number of carbonyl (C=O) groups is 2. The molecule has 1 saturated heterocycles. The summed E-state index contributed by atoms with van der Waals surface area (Å²) in [6.45, 7) is 3.77. The Morgan fingerprint density at radius 2 is 1.87 bits per heavy atom. The lowest BCUT2D eigenvalue weighted by molar-refractivity contribution is -0.114. The van der Waals surface area contributed by atoms with Crippen molar-refractivity contribution in [3.8, 4) is 5.75 Å². The average molecular weight is 446 g/mol. The minimum atomic E-state index is -3.69. The lowest BCUT2D eigenvalue weighted by Crippen LogP contribution is -2.41. The Hall–Kier alpha value is -2.91. The highest BCUT2D eigenvalue weighted by atomic mass is 32.2. The van der Waals surface area contributed by atoms with Crippen molar-refractivity contribution in [2.45, 2.75) is 44.0 Å². The molecule has 2 amide bonds. The second-order valence-electron chi connectivity index (χ2n) is 7.54. The molecule has 0 radical (unpaired) electrons. The van der Waals surface area contributed by atoms with Gasteiger partial charge < -0.3 is 15.4 Å². The molecule has 1 heterocycles. The molecule has 8 nitrogen and oxygen atoms in total. The van der Waals surface area contributed by atoms with Crippen LogP contribution in [-0.2, 0) is 14.8 Å². The zero-order valence-electron chi connectivity index (χ0n) is 17.8. The molecular weight excluding hydrogens is 418 g/mol. The summed E-state index contributed by atoms with van der Waals surface area (Å²) < 4.78 is 33.0. The van der Waals surface area contributed by atoms with E-state index < -0.39 is 15.9 Å². The van der Waals surface area contributed by atoms with E-state index in [0.717, 1.165) is 19.3 Å². The minimum Gasteiger partial charge on any atom is -0.495 e. The van der Waals surface area contributed by atoms with Crippen LogP contribution < -0.4 is 15.4 Å². The molecule has 31 heavy (non-hydrogen) atoms. The predicted molar refractivity (Wildman–Crippen MR) is 119 cm³/mol. The van der Waals surface area contributed by atoms with Crippen LogP contribution in [-0.4, -0.2) is 44.2 Å². The van der Waals surface area contributed by atoms with Crippen molar-refractivity contribution in [1.29, 1.82) is 0 Å². The van der Waals surface area contributed by atoms with E-state index in [4.69, 9.17) is 4.74 Å². The fourth-order valence-electron chi connectivity index (χ4n) is 3.64. The molecule has 3 rings (SSSR count). The summed E-state index contributed by atoms with van der Waals surface area (Å²) >= 11 is 0. The van der Waals surface area contributed by atoms with Crippen molar-refractivity contribution in [3.05, 3.63) is 48.0 Å². The van der Waals surface area contributed by atoms with E-state index >= 15 is 0 Å². The molecule has 0 bridgehead atoms. The number of carbonyl (C=O) groups excluding carboxylic acids is 2. The van der Waals surface area contributed by atoms with Gasteiger partial charge in [-0.15, -0.1) is 0 Å². The maximum absolute atomic E-state index is 13.1. The van der Waals surface area contributed by atoms with Gasteiger partial charge >= 0.3 is 0 Å². The van der Waals surface area contributed by atoms with E-state index in [9.17, 15) is 18.0 Å². The molecule has 1 atom stereocenters. The monoisotopic (exact) mass is 445 g/mol. The molecule has 2 aromatic carbocycles. The number of methoxy groups -OCH3 is 1. The minimum absolute atomic E-state index is 0.0722. The van der Waals surface area contributed by atoms with Crippen LogP contribution in [0.25, 0.3) is 0 Å². The van der Waals surface area contributed by atoms with Gasteiger partial charge in [-0.3, -0.25) is 9.59 Å². The third-order valence-electron chi connectivity index (χ3n) is 5.21. The largest absolute Gasteiger partial charge is 0.495 e. The second-order valence-corrected chi connectivity index (χ2v) is 9.43. The zero-order valence-corrected chi connectivity index (χ0v) is 18.7. The van der Waals surface area contributed by atoms with Gasteiger partial charge in [0.05, 0.1) is 17.7 Å². The van der Waals surface area contributed by atoms with Gasteiger partial charge in [-0.05, 0) is 56.2 Å². The Morgan fingerprint density at radius 1 is 1.10 bits per heavy atom. The topological polar surface area (TPSA) is 105 Å². The molecule has 2 N–H and O–H groups in total. The maximum Gasteiger partial charge on any atom is 0.255 e. The molecule has 1 fully saturated rings. The Labute approximate surface area is 182 Å². The number of ether oxygens (including phenoxy) is 1. The number of rotatable bonds is 6. The first kappa shape index (κ1) is 22.8. The summed E-state index contributed by atoms with van der Waals surface area (Å²) in [7, 11) is -2.22. The number of amides is 2. The van der Waals surface area contributed by atoms with Crippen LogP contribution in [0.5, 0.6) is 5.75 Å². The van der Waals surface area contributed by atoms with Gasteiger partial charge in [-0.25, -0.2) is 8.42 Å². The molecule has 0 aliphatic carbocycles. The standard InChI is InChI=1S/C22H27N3O5S/c1-15-7-4-5-12-25(15)31(28,29)19-9-6-8-17(13-19)22(27)24-20-14-18(23-16(2)26)10-11-21(20)30-3/h6,8-11,13-15H,4-5,7,12H2,1-3H3,(H,23,26)(H,24,27)/t15-/m1/s1. The first-order valence-electron chi connectivity index (χ1n) is 10.1. The maximum atomic E-state index is 13.1. The van der Waals surface area contributed by atoms with Crippen LogP contribution in [0.4, 0.5) is 11.4 Å². The van der Waals surface area contributed by atoms with Crippen molar-refractivity contribution in [3.63, 3.8) is 0 Å². The van der Waals surface area contributed by atoms with Gasteiger partial charge in [-0.1, -0.05) is 12.5 Å². The van der Waals surface area contributed by atoms with Crippen LogP contribution in [0.15, 0.2) is 47.4 Å². The van der Waals surface area contributed by atoms with Crippen LogP contribution in [0.1, 0.15) is 43.5 Å². The van der Waals surface area contributed by atoms with Crippen LogP contribution in [0.3, 0.4) is 0 Å². The summed E-state index contributed by atoms with van der Waals surface area (Å²) in [6.07, 6.45) is 2.66. The number of sulfonamides is 1. The number of nitrogens with one attached hydrogen (secondary N) is 2. The van der Waals surface area contributed by atoms with Crippen LogP contribution in [0.2, 0.25) is 0 Å². The second kappa shape index (κ2) is 9.49. The molecule has 2 aromatic rings. The van der Waals surface area contributed by atoms with Gasteiger partial charge in [0.15, 0.2) is 0 Å². The molecule has 0 spiro atoms. The molecule has 166 valence electrons. The summed E-state index contributed by atoms with van der Waals surface area (Å²) in [5, 5.41) is 5.38. The Kier molecular flexibility index (Phi) is 6.97. The fourth-order valence-corrected chi connectivity index (χ4v) is 5.39. The van der Waals surface area contributed by atoms with Gasteiger partial charge in [0.1, 0.15) is 5.75 Å². The highest BCUT2D eigenvalue weighted by Gasteiger charge is 2.31. The normalized spacial score (nSPS) is 17.1. The quantitative estimate of drug-likeness (QED) is 0.708. The molecule has 9 heteroatoms. The molecule has 1 aliphatic rings. The number of piperidine rings is 1. The van der Waals surface area contributed by atoms with Gasteiger partial charge in [-0.2, -0.15) is 4.31 Å². The highest BCUT2D eigenvalue weighted by molar-refractivity contribution is 7.89. The SMILES string of the molecule is COc1ccc(NC(C)=O)cc1NC(=O)c1cccc(S(=O)(=O)N2CCCC[C@H]2C)c1. The lowest BCUT2D eigenvalue weighted by atomic mass is 10.1. The van der Waals surface area contributed by atoms with Crippen molar-refractivity contribution >= 4 is 33.2 Å². The zero-order chi connectivity index (χ0) is 22.6. The summed E-state index contributed by atoms with van der Waals surface area (Å²) in [5.74, 6) is -0.317. The molecule has 0 aromatic heterocycles. The van der Waals surface area contributed by atoms with Crippen LogP contribution >= 0.6 is 0 Å². The van der Waals surface area contributed by atoms with E-state index in [-0.39, 0.29) is 22.4 Å². The van der Waals surface area contributed by atoms with E-state index in [1.165, 1.54) is 30.5 Å². The van der Waals surface area contributed by atoms with E-state index in [2.05, 4.69) is 10.6 Å². The Bertz CT molecular complexity index is 1080. The molecule has 0 unspecified atom stereocenters. The molecule has 1 aliphatic heterocycles. The third kappa shape index (κ3) is 5.23. The predicted octanol–water partition coefficient (Wildman–Crippen LogP) is 3.47. The first-order valence-corrected chi connectivity index (χ1v) is 11.6. The fraction of sp³-hybridized carbons (Fsp3) is 0.364. The smallest absolute Gasteiger partial charge is 0.255 e. The van der Waals surface area contributed by atoms with Crippen LogP contribution in [0, 0.1) is 0 Å². The van der Waals surface area contributed by atoms with Crippen molar-refractivity contribution in [2.75, 3.05) is 24.3 Å². The Balaban J connectivity index is 1.86. The summed E-state index contributed by atoms with van der Waals surface area (Å²) in [6, 6.07) is 10.8. The summed E-state index contributed by atoms with van der Waals surface area (Å²) in [4.78, 5) is 24.3. The van der Waals surface area contributed by atoms with E-state index in [0.29, 0.717) is 23.7 Å². The molecular formula is C22H27N3O5S. The number of hydrogen-bond acceptors (Lipinski definition) is 5. The number of anilines is 2. The number of benzene rings is 2. The molecule has 0 saturated carbocycles. The summed E-state index contributed by atoms with van der Waals surface area (Å²) in [5.41, 5.74) is 1.06. The number of nitrogens with zero attached hydrogens (tertiary/aromatic N) is 1. The van der Waals surface area contributed by atoms with Gasteiger partial charge in [0.25, 0.3) is 5.91 Å². The van der Waals surface area contributed by atoms with E-state index in [1.54, 1.807) is 30.3 Å². The number of hydrogen-bond donors (Lipinski definition) is 2.